The zero-order valence-corrected chi connectivity index (χ0v) is 7.24. The predicted octanol–water partition coefficient (Wildman–Crippen LogP) is 1.71. The number of aromatic nitrogens is 1. The lowest BCUT2D eigenvalue weighted by molar-refractivity contribution is 0.112. The molecule has 1 aromatic heterocycles. The summed E-state index contributed by atoms with van der Waals surface area (Å²) in [5.74, 6) is 1.41. The zero-order chi connectivity index (χ0) is 9.54. The smallest absolute Gasteiger partial charge is 0.231 e. The summed E-state index contributed by atoms with van der Waals surface area (Å²) in [6.07, 6.45) is 2.49. The highest BCUT2D eigenvalue weighted by Gasteiger charge is 2.18. The molecule has 4 nitrogen and oxygen atoms in total. The van der Waals surface area contributed by atoms with Gasteiger partial charge in [-0.15, -0.1) is 0 Å². The number of fused-ring (bicyclic) bond motifs is 3. The van der Waals surface area contributed by atoms with E-state index in [1.54, 1.807) is 6.20 Å². The summed E-state index contributed by atoms with van der Waals surface area (Å²) < 4.78 is 10.5. The van der Waals surface area contributed by atoms with Crippen molar-refractivity contribution in [2.45, 2.75) is 0 Å². The third-order valence-electron chi connectivity index (χ3n) is 2.35. The van der Waals surface area contributed by atoms with Crippen LogP contribution in [-0.2, 0) is 0 Å². The van der Waals surface area contributed by atoms with Gasteiger partial charge in [-0.3, -0.25) is 4.79 Å². The number of aldehydes is 1. The van der Waals surface area contributed by atoms with Crippen molar-refractivity contribution in [3.05, 3.63) is 23.9 Å². The number of aromatic amines is 1. The van der Waals surface area contributed by atoms with Crippen molar-refractivity contribution >= 4 is 17.2 Å². The topological polar surface area (TPSA) is 51.3 Å². The Morgan fingerprint density at radius 1 is 1.36 bits per heavy atom. The summed E-state index contributed by atoms with van der Waals surface area (Å²) in [4.78, 5) is 13.7. The van der Waals surface area contributed by atoms with Crippen LogP contribution in [0.25, 0.3) is 10.9 Å². The van der Waals surface area contributed by atoms with Gasteiger partial charge in [0.25, 0.3) is 0 Å². The Balaban J connectivity index is 2.40. The molecular formula is C10H7NO3. The Morgan fingerprint density at radius 3 is 3.14 bits per heavy atom. The van der Waals surface area contributed by atoms with E-state index in [1.807, 2.05) is 12.1 Å². The second kappa shape index (κ2) is 2.51. The van der Waals surface area contributed by atoms with Gasteiger partial charge >= 0.3 is 0 Å². The third-order valence-corrected chi connectivity index (χ3v) is 2.35. The van der Waals surface area contributed by atoms with E-state index in [0.29, 0.717) is 11.3 Å². The summed E-state index contributed by atoms with van der Waals surface area (Å²) in [6, 6.07) is 3.66. The number of carbonyl (C=O) groups is 1. The molecule has 70 valence electrons. The first kappa shape index (κ1) is 7.44. The molecule has 3 rings (SSSR count). The summed E-state index contributed by atoms with van der Waals surface area (Å²) in [5, 5.41) is 0.865. The molecule has 0 unspecified atom stereocenters. The van der Waals surface area contributed by atoms with E-state index in [9.17, 15) is 4.79 Å². The molecule has 0 saturated heterocycles. The largest absolute Gasteiger partial charge is 0.454 e. The van der Waals surface area contributed by atoms with E-state index in [1.165, 1.54) is 0 Å². The van der Waals surface area contributed by atoms with Crippen LogP contribution in [0.1, 0.15) is 10.4 Å². The molecule has 0 atom stereocenters. The summed E-state index contributed by atoms with van der Waals surface area (Å²) >= 11 is 0. The molecule has 1 N–H and O–H groups in total. The standard InChI is InChI=1S/C10H7NO3/c12-4-6-3-11-9-7(6)1-2-8-10(9)14-5-13-8/h1-4,11H,5H2. The van der Waals surface area contributed by atoms with Crippen molar-refractivity contribution in [2.24, 2.45) is 0 Å². The van der Waals surface area contributed by atoms with E-state index in [4.69, 9.17) is 9.47 Å². The van der Waals surface area contributed by atoms with Crippen LogP contribution in [0, 0.1) is 0 Å². The van der Waals surface area contributed by atoms with Gasteiger partial charge in [0, 0.05) is 17.1 Å². The second-order valence-electron chi connectivity index (χ2n) is 3.08. The molecule has 1 aliphatic rings. The molecular weight excluding hydrogens is 182 g/mol. The molecule has 0 radical (unpaired) electrons. The SMILES string of the molecule is O=Cc1c[nH]c2c3c(ccc12)OCO3. The fourth-order valence-corrected chi connectivity index (χ4v) is 1.68. The highest BCUT2D eigenvalue weighted by atomic mass is 16.7. The third kappa shape index (κ3) is 0.797. The van der Waals surface area contributed by atoms with Crippen LogP contribution >= 0.6 is 0 Å². The maximum atomic E-state index is 10.7. The maximum Gasteiger partial charge on any atom is 0.231 e. The van der Waals surface area contributed by atoms with Gasteiger partial charge in [0.05, 0.1) is 5.52 Å². The zero-order valence-electron chi connectivity index (χ0n) is 7.24. The monoisotopic (exact) mass is 189 g/mol. The van der Waals surface area contributed by atoms with Gasteiger partial charge < -0.3 is 14.5 Å². The van der Waals surface area contributed by atoms with Crippen LogP contribution < -0.4 is 9.47 Å². The first-order chi connectivity index (χ1) is 6.90. The van der Waals surface area contributed by atoms with E-state index in [2.05, 4.69) is 4.98 Å². The highest BCUT2D eigenvalue weighted by molar-refractivity contribution is 6.00. The van der Waals surface area contributed by atoms with E-state index in [0.717, 1.165) is 22.9 Å². The summed E-state index contributed by atoms with van der Waals surface area (Å²) in [5.41, 5.74) is 1.46. The normalized spacial score (nSPS) is 13.4. The number of carbonyl (C=O) groups excluding carboxylic acids is 1. The Hall–Kier alpha value is -1.97. The molecule has 4 heteroatoms. The van der Waals surface area contributed by atoms with Crippen LogP contribution in [0.2, 0.25) is 0 Å². The van der Waals surface area contributed by atoms with Gasteiger partial charge in [-0.25, -0.2) is 0 Å². The first-order valence-electron chi connectivity index (χ1n) is 4.25. The quantitative estimate of drug-likeness (QED) is 0.695. The van der Waals surface area contributed by atoms with Gasteiger partial charge in [0.1, 0.15) is 0 Å². The second-order valence-corrected chi connectivity index (χ2v) is 3.08. The molecule has 0 spiro atoms. The van der Waals surface area contributed by atoms with Crippen LogP contribution in [0.5, 0.6) is 11.5 Å². The maximum absolute atomic E-state index is 10.7. The molecule has 0 bridgehead atoms. The Kier molecular flexibility index (Phi) is 1.33. The molecule has 0 aliphatic carbocycles. The average molecular weight is 189 g/mol. The number of nitrogens with one attached hydrogen (secondary N) is 1. The molecule has 2 aromatic rings. The van der Waals surface area contributed by atoms with Crippen LogP contribution in [-0.4, -0.2) is 18.1 Å². The van der Waals surface area contributed by atoms with Crippen molar-refractivity contribution in [3.63, 3.8) is 0 Å². The van der Waals surface area contributed by atoms with Gasteiger partial charge in [0.2, 0.25) is 6.79 Å². The lowest BCUT2D eigenvalue weighted by Gasteiger charge is -1.96. The van der Waals surface area contributed by atoms with Crippen molar-refractivity contribution in [3.8, 4) is 11.5 Å². The number of H-pyrrole nitrogens is 1. The minimum Gasteiger partial charge on any atom is -0.454 e. The minimum absolute atomic E-state index is 0.240. The number of ether oxygens (including phenoxy) is 2. The Morgan fingerprint density at radius 2 is 2.29 bits per heavy atom. The lowest BCUT2D eigenvalue weighted by atomic mass is 10.2. The molecule has 1 aliphatic heterocycles. The van der Waals surface area contributed by atoms with E-state index < -0.39 is 0 Å². The average Bonchev–Trinajstić information content (AvgIpc) is 2.82. The molecule has 0 fully saturated rings. The Labute approximate surface area is 79.4 Å². The van der Waals surface area contributed by atoms with E-state index >= 15 is 0 Å². The predicted molar refractivity (Wildman–Crippen MR) is 49.8 cm³/mol. The van der Waals surface area contributed by atoms with Crippen molar-refractivity contribution in [1.82, 2.24) is 4.98 Å². The number of benzene rings is 1. The highest BCUT2D eigenvalue weighted by Crippen LogP contribution is 2.38. The number of rotatable bonds is 1. The summed E-state index contributed by atoms with van der Waals surface area (Å²) in [6.45, 7) is 0.240. The first-order valence-corrected chi connectivity index (χ1v) is 4.25. The molecule has 0 amide bonds. The number of hydrogen-bond donors (Lipinski definition) is 1. The van der Waals surface area contributed by atoms with Crippen LogP contribution in [0.4, 0.5) is 0 Å². The lowest BCUT2D eigenvalue weighted by Crippen LogP contribution is -1.93. The van der Waals surface area contributed by atoms with Crippen LogP contribution in [0.15, 0.2) is 18.3 Å². The van der Waals surface area contributed by atoms with Gasteiger partial charge in [-0.2, -0.15) is 0 Å². The van der Waals surface area contributed by atoms with Crippen molar-refractivity contribution < 1.29 is 14.3 Å². The molecule has 14 heavy (non-hydrogen) atoms. The summed E-state index contributed by atoms with van der Waals surface area (Å²) in [7, 11) is 0. The molecule has 2 heterocycles. The Bertz CT molecular complexity index is 515. The van der Waals surface area contributed by atoms with Gasteiger partial charge in [0.15, 0.2) is 17.8 Å². The van der Waals surface area contributed by atoms with Crippen molar-refractivity contribution in [1.29, 1.82) is 0 Å². The van der Waals surface area contributed by atoms with Gasteiger partial charge in [-0.05, 0) is 12.1 Å². The molecule has 1 aromatic carbocycles. The number of hydrogen-bond acceptors (Lipinski definition) is 3. The molecule has 0 saturated carbocycles. The van der Waals surface area contributed by atoms with Gasteiger partial charge in [-0.1, -0.05) is 0 Å². The van der Waals surface area contributed by atoms with E-state index in [-0.39, 0.29) is 6.79 Å². The van der Waals surface area contributed by atoms with Crippen LogP contribution in [0.3, 0.4) is 0 Å². The van der Waals surface area contributed by atoms with Crippen molar-refractivity contribution in [2.75, 3.05) is 6.79 Å². The fourth-order valence-electron chi connectivity index (χ4n) is 1.68. The fraction of sp³-hybridized carbons (Fsp3) is 0.100. The minimum atomic E-state index is 0.240.